The Morgan fingerprint density at radius 3 is 1.12 bits per heavy atom. The first-order valence-corrected chi connectivity index (χ1v) is 2.00. The van der Waals surface area contributed by atoms with Gasteiger partial charge in [0.05, 0.1) is 0 Å². The maximum Gasteiger partial charge on any atom is 3.00 e. The summed E-state index contributed by atoms with van der Waals surface area (Å²) in [7, 11) is -5.17. The minimum Gasteiger partial charge on any atom is -0.759 e. The average molecular weight is 534 g/mol. The molecule has 0 atom stereocenters. The van der Waals surface area contributed by atoms with Crippen molar-refractivity contribution in [2.75, 3.05) is 0 Å². The molecule has 0 aromatic heterocycles. The maximum absolute atomic E-state index is 8.52. The number of hydrogen-bond acceptors (Lipinski definition) is 4. The molecule has 0 aromatic carbocycles. The average Bonchev–Trinajstić information content (AvgIpc) is 0.722. The van der Waals surface area contributed by atoms with Crippen LogP contribution >= 0.6 is 0 Å². The van der Waals surface area contributed by atoms with Crippen LogP contribution in [0.5, 0.6) is 0 Å². The fourth-order valence-corrected chi connectivity index (χ4v) is 0. The van der Waals surface area contributed by atoms with Crippen LogP contribution in [0.4, 0.5) is 0 Å². The second kappa shape index (κ2) is 10.7. The van der Waals surface area contributed by atoms with Gasteiger partial charge in [0.2, 0.25) is 0 Å². The zero-order chi connectivity index (χ0) is 4.50. The van der Waals surface area contributed by atoms with Gasteiger partial charge in [-0.2, -0.15) is 0 Å². The smallest absolute Gasteiger partial charge is 0.759 e. The zero-order valence-corrected chi connectivity index (χ0v) is 13.2. The van der Waals surface area contributed by atoms with E-state index < -0.39 is 10.4 Å². The Kier molecular flexibility index (Phi) is 30.3. The molecule has 0 aromatic rings. The molecule has 0 N–H and O–H groups in total. The number of hydrogen-bond donors (Lipinski definition) is 0. The monoisotopic (exact) mass is 534 g/mol. The molecule has 0 fully saturated rings. The van der Waals surface area contributed by atoms with E-state index in [2.05, 4.69) is 0 Å². The molecule has 0 bridgehead atoms. The Morgan fingerprint density at radius 1 is 1.12 bits per heavy atom. The van der Waals surface area contributed by atoms with Crippen molar-refractivity contribution in [1.82, 2.24) is 0 Å². The van der Waals surface area contributed by atoms with Gasteiger partial charge >= 0.3 is 116 Å². The number of rotatable bonds is 0. The van der Waals surface area contributed by atoms with Crippen LogP contribution in [-0.4, -0.2) is 17.5 Å². The van der Waals surface area contributed by atoms with Gasteiger partial charge < -0.3 is 9.11 Å². The van der Waals surface area contributed by atoms with Gasteiger partial charge in [0.1, 0.15) is 0 Å². The van der Waals surface area contributed by atoms with Crippen molar-refractivity contribution in [3.63, 3.8) is 0 Å². The molecule has 0 saturated carbocycles. The van der Waals surface area contributed by atoms with Crippen LogP contribution in [0.2, 0.25) is 0 Å². The fraction of sp³-hybridized carbons (Fsp3) is 0. The molecule has 4 nitrogen and oxygen atoms in total. The molecular formula is CeLaO4STb+7. The fourth-order valence-electron chi connectivity index (χ4n) is 0. The Morgan fingerprint density at radius 2 is 1.12 bits per heavy atom. The third kappa shape index (κ3) is 53.3. The largest absolute Gasteiger partial charge is 3.00 e. The summed E-state index contributed by atoms with van der Waals surface area (Å²) >= 11 is 0. The summed E-state index contributed by atoms with van der Waals surface area (Å²) in [6, 6.07) is 0. The van der Waals surface area contributed by atoms with Gasteiger partial charge in [0, 0.05) is 10.4 Å². The Labute approximate surface area is 140 Å². The van der Waals surface area contributed by atoms with E-state index >= 15 is 0 Å². The third-order valence-corrected chi connectivity index (χ3v) is 0. The van der Waals surface area contributed by atoms with Crippen molar-refractivity contribution < 1.29 is 133 Å². The van der Waals surface area contributed by atoms with Gasteiger partial charge in [0.15, 0.2) is 0 Å². The summed E-state index contributed by atoms with van der Waals surface area (Å²) in [5.74, 6) is 0. The summed E-state index contributed by atoms with van der Waals surface area (Å²) < 4.78 is 34.1. The van der Waals surface area contributed by atoms with E-state index in [9.17, 15) is 0 Å². The van der Waals surface area contributed by atoms with Crippen molar-refractivity contribution >= 4 is 10.4 Å². The van der Waals surface area contributed by atoms with E-state index in [4.69, 9.17) is 17.5 Å². The first kappa shape index (κ1) is 22.6. The van der Waals surface area contributed by atoms with Crippen LogP contribution in [0.3, 0.4) is 0 Å². The van der Waals surface area contributed by atoms with Crippen molar-refractivity contribution in [3.05, 3.63) is 0 Å². The quantitative estimate of drug-likeness (QED) is 0.285. The van der Waals surface area contributed by atoms with Gasteiger partial charge in [0.25, 0.3) is 0 Å². The maximum atomic E-state index is 8.52. The second-order valence-electron chi connectivity index (χ2n) is 0.408. The van der Waals surface area contributed by atoms with Crippen molar-refractivity contribution in [1.29, 1.82) is 0 Å². The van der Waals surface area contributed by atoms with Crippen LogP contribution < -0.4 is 0 Å². The van der Waals surface area contributed by atoms with E-state index in [-0.39, 0.29) is 116 Å². The SMILES string of the molecule is O=S(=O)([O-])[O-].[Ce+3].[La+3].[Tb+3]. The van der Waals surface area contributed by atoms with Gasteiger partial charge in [-0.15, -0.1) is 0 Å². The predicted molar refractivity (Wildman–Crippen MR) is 10.5 cm³/mol. The van der Waals surface area contributed by atoms with E-state index in [1.807, 2.05) is 0 Å². The third-order valence-electron chi connectivity index (χ3n) is 0. The van der Waals surface area contributed by atoms with Gasteiger partial charge in [-0.25, -0.2) is 0 Å². The predicted octanol–water partition coefficient (Wildman–Crippen LogP) is -1.34. The molecule has 39 valence electrons. The minimum atomic E-state index is -5.17. The molecular weight excluding hydrogens is 534 g/mol. The Hall–Kier alpha value is 3.73. The summed E-state index contributed by atoms with van der Waals surface area (Å²) in [6.07, 6.45) is 0. The summed E-state index contributed by atoms with van der Waals surface area (Å²) in [5.41, 5.74) is 0. The van der Waals surface area contributed by atoms with E-state index in [0.717, 1.165) is 0 Å². The van der Waals surface area contributed by atoms with Crippen molar-refractivity contribution in [2.45, 2.75) is 0 Å². The molecule has 0 aliphatic heterocycles. The van der Waals surface area contributed by atoms with Crippen LogP contribution in [0.15, 0.2) is 0 Å². The molecule has 1 radical (unpaired) electrons. The first-order valence-electron chi connectivity index (χ1n) is 0.667. The molecule has 8 heavy (non-hydrogen) atoms. The zero-order valence-electron chi connectivity index (χ0n) is 3.45. The van der Waals surface area contributed by atoms with E-state index in [1.165, 1.54) is 0 Å². The van der Waals surface area contributed by atoms with Gasteiger partial charge in [-0.05, 0) is 0 Å². The van der Waals surface area contributed by atoms with E-state index in [1.54, 1.807) is 0 Å². The summed E-state index contributed by atoms with van der Waals surface area (Å²) in [5, 5.41) is 0. The standard InChI is InChI=1S/Ce.La.H2O4S.Tb/c;;1-5(2,3)4;/h;;(H2,1,2,3,4);/q2*+3;;+3/p-2. The first-order chi connectivity index (χ1) is 2.00. The molecule has 0 saturated heterocycles. The molecule has 0 aliphatic carbocycles. The molecule has 0 unspecified atom stereocenters. The molecule has 0 amide bonds. The second-order valence-corrected chi connectivity index (χ2v) is 1.22. The summed E-state index contributed by atoms with van der Waals surface area (Å²) in [4.78, 5) is 0. The van der Waals surface area contributed by atoms with Crippen molar-refractivity contribution in [3.8, 4) is 0 Å². The van der Waals surface area contributed by atoms with Gasteiger partial charge in [-0.3, -0.25) is 8.42 Å². The van der Waals surface area contributed by atoms with Crippen LogP contribution in [0.25, 0.3) is 0 Å². The van der Waals surface area contributed by atoms with Crippen LogP contribution in [-0.2, 0) is 10.4 Å². The van der Waals surface area contributed by atoms with E-state index in [0.29, 0.717) is 0 Å². The molecule has 0 rings (SSSR count). The van der Waals surface area contributed by atoms with Gasteiger partial charge in [-0.1, -0.05) is 0 Å². The topological polar surface area (TPSA) is 80.3 Å². The molecule has 0 aliphatic rings. The van der Waals surface area contributed by atoms with Crippen molar-refractivity contribution in [2.24, 2.45) is 0 Å². The summed E-state index contributed by atoms with van der Waals surface area (Å²) in [6.45, 7) is 0. The Balaban J connectivity index is -0.0000000267. The molecule has 8 heteroatoms. The van der Waals surface area contributed by atoms with Crippen LogP contribution in [0.1, 0.15) is 0 Å². The molecule has 0 heterocycles. The normalized spacial score (nSPS) is 7.25. The Bertz CT molecular complexity index is 99.2. The molecule has 0 spiro atoms. The van der Waals surface area contributed by atoms with Crippen LogP contribution in [0, 0.1) is 116 Å². The minimum absolute atomic E-state index is 0.